The summed E-state index contributed by atoms with van der Waals surface area (Å²) in [5.41, 5.74) is -0.120. The van der Waals surface area contributed by atoms with E-state index in [-0.39, 0.29) is 17.5 Å². The predicted octanol–water partition coefficient (Wildman–Crippen LogP) is 2.19. The molecular formula is C13H26N2OS. The van der Waals surface area contributed by atoms with Gasteiger partial charge in [0.25, 0.3) is 0 Å². The molecule has 0 heterocycles. The van der Waals surface area contributed by atoms with Gasteiger partial charge in [-0.3, -0.25) is 4.79 Å². The molecule has 17 heavy (non-hydrogen) atoms. The molecular weight excluding hydrogens is 232 g/mol. The number of thioether (sulfide) groups is 1. The summed E-state index contributed by atoms with van der Waals surface area (Å²) in [5, 5.41) is 6.25. The van der Waals surface area contributed by atoms with Gasteiger partial charge in [0.1, 0.15) is 0 Å². The molecule has 0 aliphatic rings. The predicted molar refractivity (Wildman–Crippen MR) is 77.5 cm³/mol. The molecule has 0 aliphatic carbocycles. The van der Waals surface area contributed by atoms with E-state index in [0.29, 0.717) is 0 Å². The number of nitrogens with one attached hydrogen (secondary N) is 2. The van der Waals surface area contributed by atoms with Gasteiger partial charge >= 0.3 is 0 Å². The van der Waals surface area contributed by atoms with Gasteiger partial charge in [-0.2, -0.15) is 11.8 Å². The van der Waals surface area contributed by atoms with Crippen molar-refractivity contribution in [1.82, 2.24) is 10.6 Å². The smallest absolute Gasteiger partial charge is 0.237 e. The summed E-state index contributed by atoms with van der Waals surface area (Å²) in [6, 6.07) is -0.134. The van der Waals surface area contributed by atoms with Gasteiger partial charge in [-0.05, 0) is 27.2 Å². The fourth-order valence-corrected chi connectivity index (χ4v) is 1.73. The van der Waals surface area contributed by atoms with Gasteiger partial charge in [-0.15, -0.1) is 6.58 Å². The Labute approximate surface area is 110 Å². The van der Waals surface area contributed by atoms with Crippen molar-refractivity contribution in [3.8, 4) is 0 Å². The Morgan fingerprint density at radius 1 is 1.53 bits per heavy atom. The third kappa shape index (κ3) is 8.27. The Morgan fingerprint density at radius 2 is 2.18 bits per heavy atom. The number of rotatable bonds is 9. The molecule has 0 spiro atoms. The van der Waals surface area contributed by atoms with Crippen LogP contribution in [0, 0.1) is 0 Å². The molecule has 0 aromatic heterocycles. The highest BCUT2D eigenvalue weighted by molar-refractivity contribution is 7.99. The highest BCUT2D eigenvalue weighted by Gasteiger charge is 2.21. The first kappa shape index (κ1) is 16.5. The Bertz CT molecular complexity index is 242. The van der Waals surface area contributed by atoms with E-state index < -0.39 is 0 Å². The van der Waals surface area contributed by atoms with Crippen LogP contribution in [0.5, 0.6) is 0 Å². The molecule has 3 nitrogen and oxygen atoms in total. The number of carbonyl (C=O) groups excluding carboxylic acids is 1. The van der Waals surface area contributed by atoms with Crippen molar-refractivity contribution < 1.29 is 4.79 Å². The lowest BCUT2D eigenvalue weighted by Crippen LogP contribution is -2.51. The zero-order valence-corrected chi connectivity index (χ0v) is 12.3. The molecule has 0 radical (unpaired) electrons. The van der Waals surface area contributed by atoms with E-state index in [2.05, 4.69) is 24.1 Å². The highest BCUT2D eigenvalue weighted by Crippen LogP contribution is 2.07. The lowest BCUT2D eigenvalue weighted by molar-refractivity contribution is -0.124. The maximum absolute atomic E-state index is 11.8. The van der Waals surface area contributed by atoms with Crippen LogP contribution >= 0.6 is 11.8 Å². The van der Waals surface area contributed by atoms with E-state index in [4.69, 9.17) is 0 Å². The van der Waals surface area contributed by atoms with Crippen molar-refractivity contribution in [2.24, 2.45) is 0 Å². The van der Waals surface area contributed by atoms with E-state index in [9.17, 15) is 4.79 Å². The van der Waals surface area contributed by atoms with Gasteiger partial charge in [-0.25, -0.2) is 0 Å². The maximum Gasteiger partial charge on any atom is 0.237 e. The first-order chi connectivity index (χ1) is 7.93. The van der Waals surface area contributed by atoms with Crippen molar-refractivity contribution in [1.29, 1.82) is 0 Å². The second-order valence-corrected chi connectivity index (χ2v) is 5.92. The minimum atomic E-state index is -0.134. The first-order valence-corrected chi connectivity index (χ1v) is 7.32. The molecule has 0 saturated carbocycles. The molecule has 0 fully saturated rings. The monoisotopic (exact) mass is 258 g/mol. The second-order valence-electron chi connectivity index (χ2n) is 4.77. The van der Waals surface area contributed by atoms with Crippen LogP contribution in [-0.4, -0.2) is 35.5 Å². The van der Waals surface area contributed by atoms with Crippen LogP contribution in [0.25, 0.3) is 0 Å². The summed E-state index contributed by atoms with van der Waals surface area (Å²) in [6.07, 6.45) is 2.82. The van der Waals surface area contributed by atoms with Crippen LogP contribution < -0.4 is 10.6 Å². The SMILES string of the molecule is C=CCSCCNC(C)C(=O)NC(C)(C)CC. The quantitative estimate of drug-likeness (QED) is 0.492. The average molecular weight is 258 g/mol. The highest BCUT2D eigenvalue weighted by atomic mass is 32.2. The van der Waals surface area contributed by atoms with Gasteiger partial charge in [0.05, 0.1) is 6.04 Å². The molecule has 0 saturated heterocycles. The summed E-state index contributed by atoms with van der Waals surface area (Å²) < 4.78 is 0. The summed E-state index contributed by atoms with van der Waals surface area (Å²) in [7, 11) is 0. The zero-order valence-electron chi connectivity index (χ0n) is 11.5. The maximum atomic E-state index is 11.8. The van der Waals surface area contributed by atoms with Gasteiger partial charge in [0, 0.05) is 23.6 Å². The Balaban J connectivity index is 3.78. The van der Waals surface area contributed by atoms with Gasteiger partial charge in [-0.1, -0.05) is 13.0 Å². The Hall–Kier alpha value is -0.480. The molecule has 0 aromatic rings. The van der Waals surface area contributed by atoms with E-state index in [1.54, 1.807) is 0 Å². The normalized spacial score (nSPS) is 13.2. The molecule has 0 rings (SSSR count). The average Bonchev–Trinajstić information content (AvgIpc) is 2.28. The molecule has 1 unspecified atom stereocenters. The summed E-state index contributed by atoms with van der Waals surface area (Å²) >= 11 is 1.81. The van der Waals surface area contributed by atoms with Crippen molar-refractivity contribution in [2.45, 2.75) is 45.7 Å². The number of carbonyl (C=O) groups is 1. The van der Waals surface area contributed by atoms with Crippen LogP contribution in [0.2, 0.25) is 0 Å². The minimum absolute atomic E-state index is 0.0746. The Morgan fingerprint density at radius 3 is 2.71 bits per heavy atom. The van der Waals surface area contributed by atoms with E-state index in [1.165, 1.54) is 0 Å². The molecule has 0 bridgehead atoms. The fourth-order valence-electron chi connectivity index (χ4n) is 1.14. The molecule has 0 aromatic carbocycles. The van der Waals surface area contributed by atoms with Crippen LogP contribution in [0.4, 0.5) is 0 Å². The van der Waals surface area contributed by atoms with Crippen molar-refractivity contribution in [3.05, 3.63) is 12.7 Å². The summed E-state index contributed by atoms with van der Waals surface area (Å²) in [6.45, 7) is 12.6. The van der Waals surface area contributed by atoms with Crippen LogP contribution in [0.1, 0.15) is 34.1 Å². The van der Waals surface area contributed by atoms with Gasteiger partial charge in [0.15, 0.2) is 0 Å². The third-order valence-electron chi connectivity index (χ3n) is 2.67. The number of amides is 1. The minimum Gasteiger partial charge on any atom is -0.350 e. The van der Waals surface area contributed by atoms with Crippen LogP contribution in [0.15, 0.2) is 12.7 Å². The van der Waals surface area contributed by atoms with Crippen molar-refractivity contribution in [3.63, 3.8) is 0 Å². The molecule has 1 atom stereocenters. The molecule has 2 N–H and O–H groups in total. The fraction of sp³-hybridized carbons (Fsp3) is 0.769. The zero-order chi connectivity index (χ0) is 13.3. The largest absolute Gasteiger partial charge is 0.350 e. The molecule has 1 amide bonds. The summed E-state index contributed by atoms with van der Waals surface area (Å²) in [5.74, 6) is 2.04. The molecule has 0 aliphatic heterocycles. The van der Waals surface area contributed by atoms with Crippen LogP contribution in [-0.2, 0) is 4.79 Å². The van der Waals surface area contributed by atoms with E-state index >= 15 is 0 Å². The van der Waals surface area contributed by atoms with Crippen molar-refractivity contribution >= 4 is 17.7 Å². The van der Waals surface area contributed by atoms with Crippen LogP contribution in [0.3, 0.4) is 0 Å². The van der Waals surface area contributed by atoms with E-state index in [0.717, 1.165) is 24.5 Å². The summed E-state index contributed by atoms with van der Waals surface area (Å²) in [4.78, 5) is 11.8. The number of hydrogen-bond acceptors (Lipinski definition) is 3. The second kappa shape index (κ2) is 8.59. The number of hydrogen-bond donors (Lipinski definition) is 2. The third-order valence-corrected chi connectivity index (χ3v) is 3.64. The molecule has 4 heteroatoms. The lowest BCUT2D eigenvalue weighted by Gasteiger charge is -2.26. The van der Waals surface area contributed by atoms with Gasteiger partial charge < -0.3 is 10.6 Å². The topological polar surface area (TPSA) is 41.1 Å². The van der Waals surface area contributed by atoms with E-state index in [1.807, 2.05) is 38.6 Å². The lowest BCUT2D eigenvalue weighted by atomic mass is 10.0. The molecule has 100 valence electrons. The Kier molecular flexibility index (Phi) is 8.35. The van der Waals surface area contributed by atoms with Gasteiger partial charge in [0.2, 0.25) is 5.91 Å². The standard InChI is InChI=1S/C13H26N2OS/c1-6-9-17-10-8-14-11(3)12(16)15-13(4,5)7-2/h6,11,14H,1,7-10H2,2-5H3,(H,15,16). The van der Waals surface area contributed by atoms with Crippen molar-refractivity contribution in [2.75, 3.05) is 18.1 Å². The first-order valence-electron chi connectivity index (χ1n) is 6.17.